The van der Waals surface area contributed by atoms with Gasteiger partial charge >= 0.3 is 0 Å². The predicted molar refractivity (Wildman–Crippen MR) is 77.0 cm³/mol. The van der Waals surface area contributed by atoms with Gasteiger partial charge in [0.1, 0.15) is 5.82 Å². The van der Waals surface area contributed by atoms with Gasteiger partial charge in [0.2, 0.25) is 10.0 Å². The second-order valence-electron chi connectivity index (χ2n) is 4.94. The van der Waals surface area contributed by atoms with E-state index in [0.717, 1.165) is 0 Å². The molecule has 2 heterocycles. The summed E-state index contributed by atoms with van der Waals surface area (Å²) in [7, 11) is -3.46. The number of piperidine rings is 1. The van der Waals surface area contributed by atoms with E-state index in [4.69, 9.17) is 5.11 Å². The molecule has 20 heavy (non-hydrogen) atoms. The third kappa shape index (κ3) is 3.28. The molecular formula is C13H21N3O3S. The summed E-state index contributed by atoms with van der Waals surface area (Å²) < 4.78 is 26.6. The molecule has 0 bridgehead atoms. The van der Waals surface area contributed by atoms with Crippen LogP contribution in [0.3, 0.4) is 0 Å². The van der Waals surface area contributed by atoms with Crippen molar-refractivity contribution in [3.05, 3.63) is 18.3 Å². The Morgan fingerprint density at radius 1 is 1.45 bits per heavy atom. The fraction of sp³-hybridized carbons (Fsp3) is 0.615. The number of sulfonamides is 1. The molecule has 1 aliphatic rings. The molecule has 6 nitrogen and oxygen atoms in total. The highest BCUT2D eigenvalue weighted by molar-refractivity contribution is 7.89. The molecular weight excluding hydrogens is 278 g/mol. The van der Waals surface area contributed by atoms with Gasteiger partial charge in [-0.3, -0.25) is 0 Å². The van der Waals surface area contributed by atoms with Crippen LogP contribution in [0.25, 0.3) is 0 Å². The summed E-state index contributed by atoms with van der Waals surface area (Å²) in [6.45, 7) is 3.69. The van der Waals surface area contributed by atoms with E-state index in [1.165, 1.54) is 16.6 Å². The quantitative estimate of drug-likeness (QED) is 0.844. The minimum Gasteiger partial charge on any atom is -0.396 e. The molecule has 7 heteroatoms. The first-order valence-electron chi connectivity index (χ1n) is 6.89. The molecule has 0 atom stereocenters. The van der Waals surface area contributed by atoms with Gasteiger partial charge < -0.3 is 10.4 Å². The van der Waals surface area contributed by atoms with Gasteiger partial charge in [0.05, 0.1) is 4.90 Å². The molecule has 0 radical (unpaired) electrons. The van der Waals surface area contributed by atoms with Crippen LogP contribution in [0, 0.1) is 5.92 Å². The van der Waals surface area contributed by atoms with Crippen LogP contribution in [0.15, 0.2) is 23.2 Å². The molecule has 2 N–H and O–H groups in total. The van der Waals surface area contributed by atoms with Gasteiger partial charge in [-0.05, 0) is 31.7 Å². The summed E-state index contributed by atoms with van der Waals surface area (Å²) in [5.41, 5.74) is 0. The van der Waals surface area contributed by atoms with Crippen LogP contribution in [0.1, 0.15) is 19.8 Å². The Hall–Kier alpha value is -1.18. The number of aliphatic hydroxyl groups excluding tert-OH is 1. The van der Waals surface area contributed by atoms with Gasteiger partial charge in [-0.15, -0.1) is 0 Å². The molecule has 0 saturated carbocycles. The lowest BCUT2D eigenvalue weighted by atomic mass is 10.00. The van der Waals surface area contributed by atoms with Crippen LogP contribution in [0.4, 0.5) is 5.82 Å². The first-order chi connectivity index (χ1) is 9.57. The van der Waals surface area contributed by atoms with E-state index in [0.29, 0.717) is 38.3 Å². The Kier molecular flexibility index (Phi) is 4.95. The Balaban J connectivity index is 2.16. The summed E-state index contributed by atoms with van der Waals surface area (Å²) in [5.74, 6) is 0.787. The van der Waals surface area contributed by atoms with E-state index >= 15 is 0 Å². The average molecular weight is 299 g/mol. The van der Waals surface area contributed by atoms with Crippen molar-refractivity contribution in [3.8, 4) is 0 Å². The second-order valence-corrected chi connectivity index (χ2v) is 6.88. The maximum absolute atomic E-state index is 12.5. The first-order valence-corrected chi connectivity index (χ1v) is 8.33. The number of pyridine rings is 1. The van der Waals surface area contributed by atoms with Gasteiger partial charge in [-0.1, -0.05) is 0 Å². The number of aliphatic hydroxyl groups is 1. The maximum Gasteiger partial charge on any atom is 0.243 e. The van der Waals surface area contributed by atoms with Gasteiger partial charge in [0.15, 0.2) is 0 Å². The van der Waals surface area contributed by atoms with Gasteiger partial charge in [0, 0.05) is 38.5 Å². The fourth-order valence-electron chi connectivity index (χ4n) is 2.33. The number of nitrogens with zero attached hydrogens (tertiary/aromatic N) is 2. The van der Waals surface area contributed by atoms with Crippen molar-refractivity contribution in [2.24, 2.45) is 5.92 Å². The van der Waals surface area contributed by atoms with Gasteiger partial charge in [-0.25, -0.2) is 13.4 Å². The lowest BCUT2D eigenvalue weighted by Crippen LogP contribution is -2.39. The van der Waals surface area contributed by atoms with Crippen LogP contribution in [-0.4, -0.2) is 49.1 Å². The largest absolute Gasteiger partial charge is 0.396 e. The Morgan fingerprint density at radius 2 is 2.15 bits per heavy atom. The normalized spacial score (nSPS) is 18.1. The van der Waals surface area contributed by atoms with Crippen LogP contribution in [0.5, 0.6) is 0 Å². The Morgan fingerprint density at radius 3 is 2.75 bits per heavy atom. The Bertz CT molecular complexity index is 540. The molecule has 0 amide bonds. The minimum atomic E-state index is -3.46. The molecule has 0 spiro atoms. The molecule has 1 aromatic heterocycles. The van der Waals surface area contributed by atoms with E-state index < -0.39 is 10.0 Å². The standard InChI is InChI=1S/C13H21N3O3S/c1-2-14-13-9-12(3-6-15-13)20(18,19)16-7-4-11(10-17)5-8-16/h3,6,9,11,17H,2,4-5,7-8,10H2,1H3,(H,14,15). The summed E-state index contributed by atoms with van der Waals surface area (Å²) in [6.07, 6.45) is 2.92. The highest BCUT2D eigenvalue weighted by Crippen LogP contribution is 2.24. The summed E-state index contributed by atoms with van der Waals surface area (Å²) >= 11 is 0. The molecule has 0 unspecified atom stereocenters. The summed E-state index contributed by atoms with van der Waals surface area (Å²) in [4.78, 5) is 4.36. The second kappa shape index (κ2) is 6.51. The van der Waals surface area contributed by atoms with Crippen molar-refractivity contribution < 1.29 is 13.5 Å². The lowest BCUT2D eigenvalue weighted by Gasteiger charge is -2.30. The van der Waals surface area contributed by atoms with Crippen molar-refractivity contribution >= 4 is 15.8 Å². The zero-order valence-corrected chi connectivity index (χ0v) is 12.4. The monoisotopic (exact) mass is 299 g/mol. The number of hydrogen-bond acceptors (Lipinski definition) is 5. The zero-order chi connectivity index (χ0) is 14.6. The number of hydrogen-bond donors (Lipinski definition) is 2. The molecule has 0 aliphatic carbocycles. The molecule has 1 aromatic rings. The van der Waals surface area contributed by atoms with Crippen LogP contribution in [-0.2, 0) is 10.0 Å². The number of anilines is 1. The topological polar surface area (TPSA) is 82.5 Å². The van der Waals surface area contributed by atoms with E-state index in [2.05, 4.69) is 10.3 Å². The molecule has 1 saturated heterocycles. The van der Waals surface area contributed by atoms with Crippen molar-refractivity contribution in [2.75, 3.05) is 31.6 Å². The van der Waals surface area contributed by atoms with Crippen molar-refractivity contribution in [2.45, 2.75) is 24.7 Å². The van der Waals surface area contributed by atoms with Crippen molar-refractivity contribution in [1.82, 2.24) is 9.29 Å². The first kappa shape index (κ1) is 15.2. The molecule has 0 aromatic carbocycles. The zero-order valence-electron chi connectivity index (χ0n) is 11.6. The molecule has 112 valence electrons. The van der Waals surface area contributed by atoms with Crippen molar-refractivity contribution in [1.29, 1.82) is 0 Å². The molecule has 1 aliphatic heterocycles. The van der Waals surface area contributed by atoms with E-state index in [1.54, 1.807) is 6.07 Å². The van der Waals surface area contributed by atoms with Crippen LogP contribution < -0.4 is 5.32 Å². The highest BCUT2D eigenvalue weighted by Gasteiger charge is 2.29. The SMILES string of the molecule is CCNc1cc(S(=O)(=O)N2CCC(CO)CC2)ccn1. The Labute approximate surface area is 119 Å². The third-order valence-electron chi connectivity index (χ3n) is 3.56. The van der Waals surface area contributed by atoms with E-state index in [9.17, 15) is 8.42 Å². The molecule has 1 fully saturated rings. The predicted octanol–water partition coefficient (Wildman–Crippen LogP) is 0.906. The average Bonchev–Trinajstić information content (AvgIpc) is 2.48. The summed E-state index contributed by atoms with van der Waals surface area (Å²) in [5, 5.41) is 12.1. The fourth-order valence-corrected chi connectivity index (χ4v) is 3.81. The number of rotatable bonds is 5. The smallest absolute Gasteiger partial charge is 0.243 e. The highest BCUT2D eigenvalue weighted by atomic mass is 32.2. The van der Waals surface area contributed by atoms with E-state index in [-0.39, 0.29) is 17.4 Å². The lowest BCUT2D eigenvalue weighted by molar-refractivity contribution is 0.170. The summed E-state index contributed by atoms with van der Waals surface area (Å²) in [6, 6.07) is 3.09. The molecule has 2 rings (SSSR count). The maximum atomic E-state index is 12.5. The number of nitrogens with one attached hydrogen (secondary N) is 1. The van der Waals surface area contributed by atoms with E-state index in [1.807, 2.05) is 6.92 Å². The van der Waals surface area contributed by atoms with Crippen LogP contribution >= 0.6 is 0 Å². The van der Waals surface area contributed by atoms with Gasteiger partial charge in [-0.2, -0.15) is 4.31 Å². The van der Waals surface area contributed by atoms with Gasteiger partial charge in [0.25, 0.3) is 0 Å². The minimum absolute atomic E-state index is 0.133. The number of aromatic nitrogens is 1. The van der Waals surface area contributed by atoms with Crippen LogP contribution in [0.2, 0.25) is 0 Å². The van der Waals surface area contributed by atoms with Crippen molar-refractivity contribution in [3.63, 3.8) is 0 Å². The third-order valence-corrected chi connectivity index (χ3v) is 5.45.